The molecule has 0 bridgehead atoms. The van der Waals surface area contributed by atoms with Crippen molar-refractivity contribution in [2.75, 3.05) is 44.2 Å². The van der Waals surface area contributed by atoms with Gasteiger partial charge in [0.25, 0.3) is 15.9 Å². The third kappa shape index (κ3) is 5.64. The first kappa shape index (κ1) is 23.9. The van der Waals surface area contributed by atoms with Crippen LogP contribution in [0.5, 0.6) is 0 Å². The van der Waals surface area contributed by atoms with Crippen molar-refractivity contribution in [3.05, 3.63) is 96.1 Å². The van der Waals surface area contributed by atoms with Gasteiger partial charge in [-0.2, -0.15) is 0 Å². The Kier molecular flexibility index (Phi) is 7.62. The maximum atomic E-state index is 13.1. The van der Waals surface area contributed by atoms with Crippen LogP contribution < -0.4 is 9.62 Å². The summed E-state index contributed by atoms with van der Waals surface area (Å²) in [6, 6.07) is 24.6. The number of ether oxygens (including phenoxy) is 1. The summed E-state index contributed by atoms with van der Waals surface area (Å²) in [5.41, 5.74) is 1.99. The van der Waals surface area contributed by atoms with Crippen LogP contribution in [0.25, 0.3) is 0 Å². The van der Waals surface area contributed by atoms with Crippen molar-refractivity contribution in [3.63, 3.8) is 0 Å². The number of morpholine rings is 1. The molecule has 3 aromatic carbocycles. The van der Waals surface area contributed by atoms with E-state index in [1.54, 1.807) is 36.4 Å². The molecule has 1 fully saturated rings. The van der Waals surface area contributed by atoms with Gasteiger partial charge in [0.05, 0.1) is 29.8 Å². The fourth-order valence-electron chi connectivity index (χ4n) is 3.92. The monoisotopic (exact) mass is 479 g/mol. The van der Waals surface area contributed by atoms with Gasteiger partial charge in [0.15, 0.2) is 0 Å². The molecule has 1 atom stereocenters. The molecule has 34 heavy (non-hydrogen) atoms. The van der Waals surface area contributed by atoms with Crippen molar-refractivity contribution < 1.29 is 17.9 Å². The van der Waals surface area contributed by atoms with Gasteiger partial charge < -0.3 is 10.1 Å². The third-order valence-corrected chi connectivity index (χ3v) is 7.75. The van der Waals surface area contributed by atoms with E-state index in [9.17, 15) is 13.2 Å². The maximum Gasteiger partial charge on any atom is 0.264 e. The van der Waals surface area contributed by atoms with Gasteiger partial charge in [0.1, 0.15) is 0 Å². The molecule has 1 aliphatic rings. The van der Waals surface area contributed by atoms with Gasteiger partial charge >= 0.3 is 0 Å². The highest BCUT2D eigenvalue weighted by Crippen LogP contribution is 2.22. The highest BCUT2D eigenvalue weighted by Gasteiger charge is 2.23. The second kappa shape index (κ2) is 10.8. The van der Waals surface area contributed by atoms with E-state index < -0.39 is 10.0 Å². The van der Waals surface area contributed by atoms with E-state index in [4.69, 9.17) is 4.74 Å². The molecule has 0 aromatic heterocycles. The number of benzene rings is 3. The van der Waals surface area contributed by atoms with Crippen LogP contribution in [0.2, 0.25) is 0 Å². The van der Waals surface area contributed by atoms with Crippen LogP contribution in [0.4, 0.5) is 5.69 Å². The zero-order valence-electron chi connectivity index (χ0n) is 19.1. The zero-order valence-corrected chi connectivity index (χ0v) is 19.9. The van der Waals surface area contributed by atoms with Crippen LogP contribution in [-0.2, 0) is 14.8 Å². The predicted molar refractivity (Wildman–Crippen MR) is 132 cm³/mol. The second-order valence-corrected chi connectivity index (χ2v) is 10.2. The molecule has 1 saturated heterocycles. The average Bonchev–Trinajstić information content (AvgIpc) is 2.89. The number of carbonyl (C=O) groups is 1. The van der Waals surface area contributed by atoms with Gasteiger partial charge in [0, 0.05) is 32.2 Å². The van der Waals surface area contributed by atoms with Crippen molar-refractivity contribution in [1.82, 2.24) is 10.2 Å². The van der Waals surface area contributed by atoms with Crippen molar-refractivity contribution >= 4 is 21.6 Å². The Morgan fingerprint density at radius 2 is 1.53 bits per heavy atom. The summed E-state index contributed by atoms with van der Waals surface area (Å²) >= 11 is 0. The summed E-state index contributed by atoms with van der Waals surface area (Å²) in [7, 11) is -2.22. The van der Waals surface area contributed by atoms with E-state index >= 15 is 0 Å². The number of para-hydroxylation sites is 1. The van der Waals surface area contributed by atoms with E-state index in [-0.39, 0.29) is 16.8 Å². The first-order valence-corrected chi connectivity index (χ1v) is 12.7. The van der Waals surface area contributed by atoms with Crippen molar-refractivity contribution in [3.8, 4) is 0 Å². The van der Waals surface area contributed by atoms with Crippen LogP contribution in [0.3, 0.4) is 0 Å². The summed E-state index contributed by atoms with van der Waals surface area (Å²) in [4.78, 5) is 15.5. The number of hydrogen-bond acceptors (Lipinski definition) is 5. The fraction of sp³-hybridized carbons (Fsp3) is 0.269. The number of nitrogens with one attached hydrogen (secondary N) is 1. The molecule has 1 N–H and O–H groups in total. The number of amides is 1. The van der Waals surface area contributed by atoms with Crippen LogP contribution in [0, 0.1) is 0 Å². The average molecular weight is 480 g/mol. The summed E-state index contributed by atoms with van der Waals surface area (Å²) in [6.45, 7) is 3.68. The molecule has 8 heteroatoms. The Morgan fingerprint density at radius 1 is 0.941 bits per heavy atom. The molecule has 0 spiro atoms. The minimum Gasteiger partial charge on any atom is -0.379 e. The van der Waals surface area contributed by atoms with E-state index in [0.29, 0.717) is 31.0 Å². The molecule has 1 heterocycles. The molecular weight excluding hydrogens is 450 g/mol. The smallest absolute Gasteiger partial charge is 0.264 e. The highest BCUT2D eigenvalue weighted by atomic mass is 32.2. The Balaban J connectivity index is 1.49. The van der Waals surface area contributed by atoms with Crippen LogP contribution in [-0.4, -0.2) is 59.1 Å². The van der Waals surface area contributed by atoms with Gasteiger partial charge in [-0.05, 0) is 42.0 Å². The van der Waals surface area contributed by atoms with Crippen LogP contribution in [0.1, 0.15) is 22.0 Å². The molecule has 4 rings (SSSR count). The van der Waals surface area contributed by atoms with Crippen molar-refractivity contribution in [2.45, 2.75) is 10.9 Å². The number of nitrogens with zero attached hydrogens (tertiary/aromatic N) is 2. The van der Waals surface area contributed by atoms with Crippen molar-refractivity contribution in [2.24, 2.45) is 0 Å². The molecule has 0 aliphatic carbocycles. The largest absolute Gasteiger partial charge is 0.379 e. The van der Waals surface area contributed by atoms with Gasteiger partial charge in [-0.15, -0.1) is 0 Å². The first-order chi connectivity index (χ1) is 16.4. The Hall–Kier alpha value is -3.20. The number of hydrogen-bond donors (Lipinski definition) is 1. The number of anilines is 1. The van der Waals surface area contributed by atoms with Gasteiger partial charge in [0.2, 0.25) is 0 Å². The molecule has 7 nitrogen and oxygen atoms in total. The molecule has 0 saturated carbocycles. The predicted octanol–water partition coefficient (Wildman–Crippen LogP) is 3.32. The van der Waals surface area contributed by atoms with Gasteiger partial charge in [-0.1, -0.05) is 48.5 Å². The topological polar surface area (TPSA) is 79.0 Å². The van der Waals surface area contributed by atoms with E-state index in [0.717, 1.165) is 18.7 Å². The van der Waals surface area contributed by atoms with Crippen LogP contribution >= 0.6 is 0 Å². The lowest BCUT2D eigenvalue weighted by molar-refractivity contribution is 0.0332. The SMILES string of the molecule is CN(c1ccccc1)S(=O)(=O)c1ccc(C(=O)N[C@@H](CN2CCOCC2)c2ccccc2)cc1. The summed E-state index contributed by atoms with van der Waals surface area (Å²) in [5.74, 6) is -0.248. The second-order valence-electron chi connectivity index (χ2n) is 8.18. The quantitative estimate of drug-likeness (QED) is 0.536. The number of rotatable bonds is 8. The maximum absolute atomic E-state index is 13.1. The number of sulfonamides is 1. The Labute approximate surface area is 201 Å². The zero-order chi connectivity index (χ0) is 24.0. The summed E-state index contributed by atoms with van der Waals surface area (Å²) < 4.78 is 32.7. The van der Waals surface area contributed by atoms with Gasteiger partial charge in [-0.25, -0.2) is 8.42 Å². The number of carbonyl (C=O) groups excluding carboxylic acids is 1. The van der Waals surface area contributed by atoms with E-state index in [1.807, 2.05) is 36.4 Å². The molecule has 1 amide bonds. The normalized spacial score (nSPS) is 15.4. The minimum absolute atomic E-state index is 0.128. The summed E-state index contributed by atoms with van der Waals surface area (Å²) in [5, 5.41) is 3.12. The standard InChI is InChI=1S/C26H29N3O4S/c1-28(23-10-6-3-7-11-23)34(31,32)24-14-12-22(13-15-24)26(30)27-25(21-8-4-2-5-9-21)20-29-16-18-33-19-17-29/h2-15,25H,16-20H2,1H3,(H,27,30)/t25-/m0/s1. The highest BCUT2D eigenvalue weighted by molar-refractivity contribution is 7.92. The third-order valence-electron chi connectivity index (χ3n) is 5.95. The van der Waals surface area contributed by atoms with Crippen LogP contribution in [0.15, 0.2) is 89.8 Å². The van der Waals surface area contributed by atoms with Gasteiger partial charge in [-0.3, -0.25) is 14.0 Å². The lowest BCUT2D eigenvalue weighted by atomic mass is 10.1. The molecule has 0 radical (unpaired) electrons. The molecule has 178 valence electrons. The fourth-order valence-corrected chi connectivity index (χ4v) is 5.11. The molecule has 1 aliphatic heterocycles. The first-order valence-electron chi connectivity index (χ1n) is 11.2. The van der Waals surface area contributed by atoms with E-state index in [2.05, 4.69) is 10.2 Å². The van der Waals surface area contributed by atoms with Crippen molar-refractivity contribution in [1.29, 1.82) is 0 Å². The lowest BCUT2D eigenvalue weighted by Crippen LogP contribution is -2.43. The summed E-state index contributed by atoms with van der Waals surface area (Å²) in [6.07, 6.45) is 0. The molecule has 3 aromatic rings. The van der Waals surface area contributed by atoms with E-state index in [1.165, 1.54) is 23.5 Å². The lowest BCUT2D eigenvalue weighted by Gasteiger charge is -2.31. The Bertz CT molecular complexity index is 1180. The minimum atomic E-state index is -3.74. The molecule has 0 unspecified atom stereocenters. The Morgan fingerprint density at radius 3 is 2.15 bits per heavy atom. The molecular formula is C26H29N3O4S.